The standard InChI is InChI=1S/C35H50O11Si/c1-9-47(10-2,11-3)46-22-17-23-34(18-43-23,45-20(5)36)27-30(44-31(41)21-15-13-12-14-16-21)35(42)29(40)25(37)19(4)24(32(35,6)7)26(38)28(39)33(22,27)8/h12-16,22-23,25-27,29-30,37-38,40,42H,9-11,17-18H2,1-8H3/t22-,23?,25+,26+,27-,29-,30-,33+,34-,35+/m0/s1. The quantitative estimate of drug-likeness (QED) is 0.182. The second-order valence-electron chi connectivity index (χ2n) is 14.6. The van der Waals surface area contributed by atoms with Crippen LogP contribution in [0.5, 0.6) is 0 Å². The molecule has 10 atom stereocenters. The topological polar surface area (TPSA) is 169 Å². The summed E-state index contributed by atoms with van der Waals surface area (Å²) in [6.45, 7) is 13.4. The monoisotopic (exact) mass is 674 g/mol. The fraction of sp³-hybridized carbons (Fsp3) is 0.686. The molecule has 4 N–H and O–H groups in total. The minimum absolute atomic E-state index is 0.0282. The van der Waals surface area contributed by atoms with Gasteiger partial charge in [0, 0.05) is 18.8 Å². The van der Waals surface area contributed by atoms with E-state index in [1.54, 1.807) is 25.1 Å². The number of fused-ring (bicyclic) bond motifs is 5. The maximum atomic E-state index is 15.2. The molecule has 0 spiro atoms. The zero-order chi connectivity index (χ0) is 34.9. The number of benzene rings is 1. The van der Waals surface area contributed by atoms with Crippen molar-refractivity contribution in [3.8, 4) is 0 Å². The van der Waals surface area contributed by atoms with Gasteiger partial charge < -0.3 is 39.1 Å². The van der Waals surface area contributed by atoms with Gasteiger partial charge in [0.05, 0.1) is 29.6 Å². The number of rotatable bonds is 8. The number of aliphatic hydroxyl groups excluding tert-OH is 3. The van der Waals surface area contributed by atoms with Crippen molar-refractivity contribution in [1.82, 2.24) is 0 Å². The maximum absolute atomic E-state index is 15.2. The van der Waals surface area contributed by atoms with Gasteiger partial charge in [-0.1, -0.05) is 52.8 Å². The van der Waals surface area contributed by atoms with Crippen LogP contribution >= 0.6 is 0 Å². The molecule has 0 amide bonds. The summed E-state index contributed by atoms with van der Waals surface area (Å²) in [5, 5.41) is 48.5. The molecule has 1 saturated heterocycles. The molecule has 1 aromatic carbocycles. The van der Waals surface area contributed by atoms with Gasteiger partial charge in [0.2, 0.25) is 0 Å². The Hall–Kier alpha value is -2.45. The lowest BCUT2D eigenvalue weighted by Crippen LogP contribution is -2.84. The predicted octanol–water partition coefficient (Wildman–Crippen LogP) is 3.08. The third-order valence-corrected chi connectivity index (χ3v) is 17.0. The number of hydrogen-bond donors (Lipinski definition) is 4. The van der Waals surface area contributed by atoms with Crippen LogP contribution in [-0.4, -0.2) is 101 Å². The van der Waals surface area contributed by atoms with E-state index in [2.05, 4.69) is 0 Å². The third-order valence-electron chi connectivity index (χ3n) is 12.3. The number of Topliss-reactive ketones (excluding diaryl/α,β-unsaturated/α-hetero) is 1. The first kappa shape index (κ1) is 35.8. The summed E-state index contributed by atoms with van der Waals surface area (Å²) < 4.78 is 25.5. The van der Waals surface area contributed by atoms with Crippen LogP contribution in [0.25, 0.3) is 0 Å². The molecule has 0 aromatic heterocycles. The average Bonchev–Trinajstić information content (AvgIpc) is 3.04. The fourth-order valence-electron chi connectivity index (χ4n) is 9.24. The van der Waals surface area contributed by atoms with Gasteiger partial charge in [-0.15, -0.1) is 0 Å². The lowest BCUT2D eigenvalue weighted by atomic mass is 9.44. The molecule has 1 aliphatic heterocycles. The molecule has 1 aromatic rings. The van der Waals surface area contributed by atoms with Gasteiger partial charge in [-0.25, -0.2) is 4.79 Å². The molecule has 1 heterocycles. The zero-order valence-corrected chi connectivity index (χ0v) is 29.6. The molecule has 3 fully saturated rings. The second-order valence-corrected chi connectivity index (χ2v) is 19.3. The zero-order valence-electron chi connectivity index (χ0n) is 28.6. The van der Waals surface area contributed by atoms with Gasteiger partial charge in [-0.2, -0.15) is 0 Å². The molecule has 3 aliphatic carbocycles. The molecule has 2 bridgehead atoms. The summed E-state index contributed by atoms with van der Waals surface area (Å²) in [7, 11) is -2.48. The molecule has 0 radical (unpaired) electrons. The minimum atomic E-state index is -2.51. The van der Waals surface area contributed by atoms with Crippen LogP contribution in [-0.2, 0) is 28.2 Å². The maximum Gasteiger partial charge on any atom is 0.338 e. The van der Waals surface area contributed by atoms with E-state index in [0.717, 1.165) is 18.1 Å². The number of aliphatic hydroxyl groups is 4. The number of ketones is 1. The number of ether oxygens (including phenoxy) is 3. The van der Waals surface area contributed by atoms with Crippen LogP contribution in [0.3, 0.4) is 0 Å². The van der Waals surface area contributed by atoms with Crippen molar-refractivity contribution in [2.45, 2.75) is 128 Å². The van der Waals surface area contributed by atoms with Crippen molar-refractivity contribution in [1.29, 1.82) is 0 Å². The Morgan fingerprint density at radius 1 is 1.02 bits per heavy atom. The number of carbonyl (C=O) groups excluding carboxylic acids is 3. The summed E-state index contributed by atoms with van der Waals surface area (Å²) in [5.74, 6) is -3.60. The summed E-state index contributed by atoms with van der Waals surface area (Å²) in [4.78, 5) is 42.0. The molecule has 12 heteroatoms. The smallest absolute Gasteiger partial charge is 0.338 e. The number of hydrogen-bond acceptors (Lipinski definition) is 11. The number of esters is 2. The summed E-state index contributed by atoms with van der Waals surface area (Å²) in [6, 6.07) is 10.3. The SMILES string of the molecule is CC[Si](CC)(CC)O[C@H]1CC2OC[C@@]2(OC(C)=O)[C@H]2[C@H](OC(=O)c3ccccc3)[C@]3(O)[C@@H](O)[C@H](O)C(C)=C([C@@H](O)C(=O)[C@]12C)C3(C)C. The van der Waals surface area contributed by atoms with Crippen LogP contribution in [0.2, 0.25) is 18.1 Å². The summed E-state index contributed by atoms with van der Waals surface area (Å²) in [6.07, 6.45) is -8.84. The lowest BCUT2D eigenvalue weighted by molar-refractivity contribution is -0.350. The van der Waals surface area contributed by atoms with Crippen molar-refractivity contribution in [2.24, 2.45) is 16.7 Å². The molecule has 11 nitrogen and oxygen atoms in total. The van der Waals surface area contributed by atoms with E-state index in [9.17, 15) is 30.0 Å². The predicted molar refractivity (Wildman–Crippen MR) is 173 cm³/mol. The van der Waals surface area contributed by atoms with E-state index >= 15 is 4.79 Å². The summed E-state index contributed by atoms with van der Waals surface area (Å²) >= 11 is 0. The van der Waals surface area contributed by atoms with Crippen LogP contribution < -0.4 is 0 Å². The molecular weight excluding hydrogens is 624 g/mol. The molecule has 47 heavy (non-hydrogen) atoms. The minimum Gasteiger partial charge on any atom is -0.455 e. The van der Waals surface area contributed by atoms with Gasteiger partial charge in [0.15, 0.2) is 19.7 Å². The Morgan fingerprint density at radius 2 is 1.62 bits per heavy atom. The average molecular weight is 675 g/mol. The van der Waals surface area contributed by atoms with Crippen LogP contribution in [0.4, 0.5) is 0 Å². The molecule has 4 aliphatic rings. The van der Waals surface area contributed by atoms with E-state index < -0.39 is 90.6 Å². The van der Waals surface area contributed by atoms with Crippen LogP contribution in [0.1, 0.15) is 72.2 Å². The van der Waals surface area contributed by atoms with Gasteiger partial charge in [-0.3, -0.25) is 9.59 Å². The van der Waals surface area contributed by atoms with Crippen LogP contribution in [0.15, 0.2) is 41.5 Å². The fourth-order valence-corrected chi connectivity index (χ4v) is 12.2. The highest BCUT2D eigenvalue weighted by Crippen LogP contribution is 2.64. The largest absolute Gasteiger partial charge is 0.455 e. The van der Waals surface area contributed by atoms with E-state index in [0.29, 0.717) is 0 Å². The Bertz CT molecular complexity index is 1430. The first-order valence-corrected chi connectivity index (χ1v) is 19.2. The van der Waals surface area contributed by atoms with Crippen molar-refractivity contribution in [3.05, 3.63) is 47.0 Å². The normalized spacial score (nSPS) is 39.5. The van der Waals surface area contributed by atoms with Crippen molar-refractivity contribution >= 4 is 26.0 Å². The van der Waals surface area contributed by atoms with E-state index in [-0.39, 0.29) is 29.7 Å². The van der Waals surface area contributed by atoms with Gasteiger partial charge in [-0.05, 0) is 55.3 Å². The van der Waals surface area contributed by atoms with E-state index in [4.69, 9.17) is 18.6 Å². The first-order valence-electron chi connectivity index (χ1n) is 16.7. The van der Waals surface area contributed by atoms with E-state index in [1.807, 2.05) is 20.8 Å². The molecule has 260 valence electrons. The van der Waals surface area contributed by atoms with Crippen molar-refractivity contribution in [2.75, 3.05) is 6.61 Å². The van der Waals surface area contributed by atoms with Crippen LogP contribution in [0, 0.1) is 16.7 Å². The summed E-state index contributed by atoms with van der Waals surface area (Å²) in [5.41, 5.74) is -7.21. The highest BCUT2D eigenvalue weighted by atomic mass is 28.4. The number of carbonyl (C=O) groups is 3. The molecule has 1 unspecified atom stereocenters. The van der Waals surface area contributed by atoms with Gasteiger partial charge in [0.1, 0.15) is 36.1 Å². The first-order chi connectivity index (χ1) is 21.9. The molecule has 5 rings (SSSR count). The Balaban J connectivity index is 1.87. The second kappa shape index (κ2) is 12.2. The van der Waals surface area contributed by atoms with Crippen molar-refractivity contribution in [3.63, 3.8) is 0 Å². The highest BCUT2D eigenvalue weighted by molar-refractivity contribution is 6.73. The Morgan fingerprint density at radius 3 is 2.13 bits per heavy atom. The lowest BCUT2D eigenvalue weighted by Gasteiger charge is -2.68. The van der Waals surface area contributed by atoms with Crippen molar-refractivity contribution < 1.29 is 53.4 Å². The van der Waals surface area contributed by atoms with Gasteiger partial charge >= 0.3 is 11.9 Å². The van der Waals surface area contributed by atoms with E-state index in [1.165, 1.54) is 39.8 Å². The third kappa shape index (κ3) is 4.92. The van der Waals surface area contributed by atoms with Gasteiger partial charge in [0.25, 0.3) is 0 Å². The molecule has 2 saturated carbocycles. The molecular formula is C35H50O11Si. The Kier molecular flexibility index (Phi) is 9.27. The highest BCUT2D eigenvalue weighted by Gasteiger charge is 2.79. The Labute approximate surface area is 277 Å².